The van der Waals surface area contributed by atoms with Gasteiger partial charge < -0.3 is 9.47 Å². The topological polar surface area (TPSA) is 35.5 Å². The molecule has 1 fully saturated rings. The SMILES string of the molecule is CCC(C)OC1(CC(=O)OC)CCC1. The van der Waals surface area contributed by atoms with E-state index in [1.165, 1.54) is 7.11 Å². The third-order valence-corrected chi connectivity index (χ3v) is 2.99. The third-order valence-electron chi connectivity index (χ3n) is 2.99. The summed E-state index contributed by atoms with van der Waals surface area (Å²) in [6, 6.07) is 0. The average Bonchev–Trinajstić information content (AvgIpc) is 2.13. The van der Waals surface area contributed by atoms with Gasteiger partial charge in [0, 0.05) is 0 Å². The summed E-state index contributed by atoms with van der Waals surface area (Å²) in [4.78, 5) is 11.2. The van der Waals surface area contributed by atoms with E-state index in [2.05, 4.69) is 18.6 Å². The van der Waals surface area contributed by atoms with E-state index in [1.807, 2.05) is 0 Å². The Labute approximate surface area is 85.8 Å². The Morgan fingerprint density at radius 2 is 2.14 bits per heavy atom. The maximum atomic E-state index is 11.2. The van der Waals surface area contributed by atoms with Crippen LogP contribution in [0.15, 0.2) is 0 Å². The number of esters is 1. The molecule has 82 valence electrons. The second-order valence-electron chi connectivity index (χ2n) is 4.13. The van der Waals surface area contributed by atoms with Crippen LogP contribution in [0.5, 0.6) is 0 Å². The molecule has 1 rings (SSSR count). The van der Waals surface area contributed by atoms with E-state index in [0.717, 1.165) is 25.7 Å². The normalized spacial score (nSPS) is 21.1. The number of carbonyl (C=O) groups excluding carboxylic acids is 1. The lowest BCUT2D eigenvalue weighted by Crippen LogP contribution is -2.44. The van der Waals surface area contributed by atoms with Gasteiger partial charge in [-0.1, -0.05) is 6.92 Å². The number of methoxy groups -OCH3 is 1. The summed E-state index contributed by atoms with van der Waals surface area (Å²) in [7, 11) is 1.43. The van der Waals surface area contributed by atoms with Crippen molar-refractivity contribution in [3.05, 3.63) is 0 Å². The van der Waals surface area contributed by atoms with Crippen molar-refractivity contribution in [3.8, 4) is 0 Å². The summed E-state index contributed by atoms with van der Waals surface area (Å²) < 4.78 is 10.6. The van der Waals surface area contributed by atoms with Crippen molar-refractivity contribution in [2.75, 3.05) is 7.11 Å². The van der Waals surface area contributed by atoms with Gasteiger partial charge in [-0.15, -0.1) is 0 Å². The summed E-state index contributed by atoms with van der Waals surface area (Å²) in [6.07, 6.45) is 4.78. The fourth-order valence-corrected chi connectivity index (χ4v) is 1.75. The van der Waals surface area contributed by atoms with Crippen LogP contribution in [-0.2, 0) is 14.3 Å². The van der Waals surface area contributed by atoms with Crippen molar-refractivity contribution in [1.29, 1.82) is 0 Å². The first-order chi connectivity index (χ1) is 6.62. The quantitative estimate of drug-likeness (QED) is 0.639. The van der Waals surface area contributed by atoms with Crippen LogP contribution in [0.2, 0.25) is 0 Å². The molecule has 0 aromatic rings. The smallest absolute Gasteiger partial charge is 0.308 e. The fraction of sp³-hybridized carbons (Fsp3) is 0.909. The molecule has 1 aliphatic rings. The van der Waals surface area contributed by atoms with Gasteiger partial charge in [0.25, 0.3) is 0 Å². The van der Waals surface area contributed by atoms with E-state index in [-0.39, 0.29) is 17.7 Å². The highest BCUT2D eigenvalue weighted by Gasteiger charge is 2.41. The van der Waals surface area contributed by atoms with Crippen molar-refractivity contribution < 1.29 is 14.3 Å². The van der Waals surface area contributed by atoms with Gasteiger partial charge in [-0.05, 0) is 32.6 Å². The van der Waals surface area contributed by atoms with Crippen LogP contribution >= 0.6 is 0 Å². The van der Waals surface area contributed by atoms with Gasteiger partial charge in [-0.2, -0.15) is 0 Å². The van der Waals surface area contributed by atoms with Gasteiger partial charge in [0.15, 0.2) is 0 Å². The molecule has 0 bridgehead atoms. The van der Waals surface area contributed by atoms with Crippen molar-refractivity contribution in [2.24, 2.45) is 0 Å². The highest BCUT2D eigenvalue weighted by Crippen LogP contribution is 2.40. The van der Waals surface area contributed by atoms with Crippen LogP contribution < -0.4 is 0 Å². The Hall–Kier alpha value is -0.570. The molecule has 14 heavy (non-hydrogen) atoms. The van der Waals surface area contributed by atoms with Crippen molar-refractivity contribution in [3.63, 3.8) is 0 Å². The highest BCUT2D eigenvalue weighted by molar-refractivity contribution is 5.70. The molecule has 1 saturated carbocycles. The fourth-order valence-electron chi connectivity index (χ4n) is 1.75. The third kappa shape index (κ3) is 2.71. The Morgan fingerprint density at radius 1 is 1.50 bits per heavy atom. The molecule has 3 heteroatoms. The largest absolute Gasteiger partial charge is 0.469 e. The predicted octanol–water partition coefficient (Wildman–Crippen LogP) is 2.29. The first-order valence-corrected chi connectivity index (χ1v) is 5.36. The summed E-state index contributed by atoms with van der Waals surface area (Å²) in [6.45, 7) is 4.15. The van der Waals surface area contributed by atoms with Gasteiger partial charge in [-0.25, -0.2) is 0 Å². The maximum absolute atomic E-state index is 11.2. The zero-order valence-electron chi connectivity index (χ0n) is 9.34. The maximum Gasteiger partial charge on any atom is 0.308 e. The Kier molecular flexibility index (Phi) is 3.93. The summed E-state index contributed by atoms with van der Waals surface area (Å²) in [5.41, 5.74) is -0.206. The molecule has 0 aromatic heterocycles. The van der Waals surface area contributed by atoms with Crippen LogP contribution in [-0.4, -0.2) is 24.8 Å². The number of rotatable bonds is 5. The lowest BCUT2D eigenvalue weighted by Gasteiger charge is -2.42. The summed E-state index contributed by atoms with van der Waals surface area (Å²) in [5.74, 6) is -0.159. The molecule has 0 spiro atoms. The zero-order valence-corrected chi connectivity index (χ0v) is 9.34. The first kappa shape index (κ1) is 11.5. The van der Waals surface area contributed by atoms with Crippen molar-refractivity contribution in [1.82, 2.24) is 0 Å². The molecule has 0 aromatic carbocycles. The Morgan fingerprint density at radius 3 is 2.50 bits per heavy atom. The molecule has 0 amide bonds. The van der Waals surface area contributed by atoms with Gasteiger partial charge >= 0.3 is 5.97 Å². The molecular formula is C11H20O3. The molecule has 0 saturated heterocycles. The minimum Gasteiger partial charge on any atom is -0.469 e. The van der Waals surface area contributed by atoms with E-state index in [1.54, 1.807) is 0 Å². The molecule has 0 radical (unpaired) electrons. The van der Waals surface area contributed by atoms with Crippen LogP contribution in [0, 0.1) is 0 Å². The lowest BCUT2D eigenvalue weighted by molar-refractivity contribution is -0.167. The van der Waals surface area contributed by atoms with Crippen molar-refractivity contribution in [2.45, 2.75) is 57.7 Å². The summed E-state index contributed by atoms with van der Waals surface area (Å²) in [5, 5.41) is 0. The molecule has 1 unspecified atom stereocenters. The molecule has 1 aliphatic carbocycles. The van der Waals surface area contributed by atoms with Crippen LogP contribution in [0.4, 0.5) is 0 Å². The Balaban J connectivity index is 2.45. The predicted molar refractivity (Wildman–Crippen MR) is 54.1 cm³/mol. The number of carbonyl (C=O) groups is 1. The summed E-state index contributed by atoms with van der Waals surface area (Å²) >= 11 is 0. The van der Waals surface area contributed by atoms with Crippen LogP contribution in [0.1, 0.15) is 46.0 Å². The zero-order chi connectivity index (χ0) is 10.6. The monoisotopic (exact) mass is 200 g/mol. The van der Waals surface area contributed by atoms with Crippen LogP contribution in [0.3, 0.4) is 0 Å². The van der Waals surface area contributed by atoms with E-state index >= 15 is 0 Å². The number of hydrogen-bond acceptors (Lipinski definition) is 3. The molecule has 3 nitrogen and oxygen atoms in total. The van der Waals surface area contributed by atoms with Gasteiger partial charge in [0.2, 0.25) is 0 Å². The van der Waals surface area contributed by atoms with Crippen molar-refractivity contribution >= 4 is 5.97 Å². The molecule has 0 heterocycles. The Bertz CT molecular complexity index is 197. The minimum atomic E-state index is -0.206. The standard InChI is InChI=1S/C11H20O3/c1-4-9(2)14-11(6-5-7-11)8-10(12)13-3/h9H,4-8H2,1-3H3. The van der Waals surface area contributed by atoms with E-state index in [0.29, 0.717) is 6.42 Å². The molecular weight excluding hydrogens is 180 g/mol. The number of hydrogen-bond donors (Lipinski definition) is 0. The van der Waals surface area contributed by atoms with Gasteiger partial charge in [0.1, 0.15) is 0 Å². The second kappa shape index (κ2) is 4.78. The van der Waals surface area contributed by atoms with E-state index < -0.39 is 0 Å². The number of ether oxygens (including phenoxy) is 2. The van der Waals surface area contributed by atoms with Gasteiger partial charge in [-0.3, -0.25) is 4.79 Å². The highest BCUT2D eigenvalue weighted by atomic mass is 16.5. The molecule has 0 N–H and O–H groups in total. The molecule has 1 atom stereocenters. The van der Waals surface area contributed by atoms with E-state index in [4.69, 9.17) is 4.74 Å². The van der Waals surface area contributed by atoms with Gasteiger partial charge in [0.05, 0.1) is 25.2 Å². The first-order valence-electron chi connectivity index (χ1n) is 5.36. The van der Waals surface area contributed by atoms with E-state index in [9.17, 15) is 4.79 Å². The molecule has 0 aliphatic heterocycles. The minimum absolute atomic E-state index is 0.159. The second-order valence-corrected chi connectivity index (χ2v) is 4.13. The average molecular weight is 200 g/mol. The van der Waals surface area contributed by atoms with Crippen LogP contribution in [0.25, 0.3) is 0 Å². The lowest BCUT2D eigenvalue weighted by atomic mass is 9.77.